The number of nitrogens with zero attached hydrogens (tertiary/aromatic N) is 2. The number of hydrogen-bond acceptors (Lipinski definition) is 3. The average molecular weight is 391 g/mol. The molecule has 144 valence electrons. The molecule has 7 heteroatoms. The van der Waals surface area contributed by atoms with Gasteiger partial charge in [-0.1, -0.05) is 42.5 Å². The maximum Gasteiger partial charge on any atom is 0.267 e. The molecule has 0 aliphatic heterocycles. The quantitative estimate of drug-likeness (QED) is 0.572. The standard InChI is InChI=1S/C22H15F2N3O2/c23-18-9-8-15(12-19(18)24)25-21(28)13-27-22(29)11-10-20(26-27)17-7-3-5-14-4-1-2-6-16(14)17/h1-12H,13H2,(H,25,28). The Kier molecular flexibility index (Phi) is 4.87. The number of nitrogens with one attached hydrogen (secondary N) is 1. The molecule has 1 aromatic heterocycles. The van der Waals surface area contributed by atoms with Crippen molar-refractivity contribution in [3.8, 4) is 11.3 Å². The second-order valence-electron chi connectivity index (χ2n) is 6.42. The number of rotatable bonds is 4. The molecule has 0 fully saturated rings. The minimum absolute atomic E-state index is 0.0900. The number of benzene rings is 3. The van der Waals surface area contributed by atoms with E-state index in [4.69, 9.17) is 0 Å². The summed E-state index contributed by atoms with van der Waals surface area (Å²) in [6.45, 7) is -0.365. The number of carbonyl (C=O) groups excluding carboxylic acids is 1. The summed E-state index contributed by atoms with van der Waals surface area (Å²) in [5, 5.41) is 8.74. The minimum Gasteiger partial charge on any atom is -0.324 e. The summed E-state index contributed by atoms with van der Waals surface area (Å²) >= 11 is 0. The molecule has 29 heavy (non-hydrogen) atoms. The molecule has 0 radical (unpaired) electrons. The SMILES string of the molecule is O=C(Cn1nc(-c2cccc3ccccc23)ccc1=O)Nc1ccc(F)c(F)c1. The van der Waals surface area contributed by atoms with Crippen LogP contribution in [0.4, 0.5) is 14.5 Å². The Labute approximate surface area is 164 Å². The average Bonchev–Trinajstić information content (AvgIpc) is 2.72. The first-order valence-electron chi connectivity index (χ1n) is 8.82. The third-order valence-corrected chi connectivity index (χ3v) is 4.43. The number of anilines is 1. The first-order valence-corrected chi connectivity index (χ1v) is 8.82. The summed E-state index contributed by atoms with van der Waals surface area (Å²) in [4.78, 5) is 24.4. The van der Waals surface area contributed by atoms with Crippen molar-refractivity contribution < 1.29 is 13.6 Å². The van der Waals surface area contributed by atoms with Gasteiger partial charge in [-0.05, 0) is 29.0 Å². The van der Waals surface area contributed by atoms with E-state index in [1.54, 1.807) is 6.07 Å². The van der Waals surface area contributed by atoms with Crippen LogP contribution in [0.5, 0.6) is 0 Å². The predicted molar refractivity (Wildman–Crippen MR) is 106 cm³/mol. The molecule has 0 spiro atoms. The fourth-order valence-corrected chi connectivity index (χ4v) is 3.07. The normalized spacial score (nSPS) is 10.8. The summed E-state index contributed by atoms with van der Waals surface area (Å²) < 4.78 is 27.3. The Hall–Kier alpha value is -3.87. The van der Waals surface area contributed by atoms with Crippen molar-refractivity contribution in [2.24, 2.45) is 0 Å². The van der Waals surface area contributed by atoms with E-state index in [1.165, 1.54) is 12.1 Å². The van der Waals surface area contributed by atoms with E-state index in [2.05, 4.69) is 10.4 Å². The van der Waals surface area contributed by atoms with E-state index in [1.807, 2.05) is 42.5 Å². The van der Waals surface area contributed by atoms with Crippen LogP contribution in [0.1, 0.15) is 0 Å². The van der Waals surface area contributed by atoms with Crippen molar-refractivity contribution in [2.45, 2.75) is 6.54 Å². The topological polar surface area (TPSA) is 64.0 Å². The van der Waals surface area contributed by atoms with Crippen LogP contribution in [0, 0.1) is 11.6 Å². The maximum absolute atomic E-state index is 13.3. The highest BCUT2D eigenvalue weighted by molar-refractivity contribution is 5.95. The molecule has 0 atom stereocenters. The molecule has 1 heterocycles. The Bertz CT molecular complexity index is 1280. The highest BCUT2D eigenvalue weighted by Crippen LogP contribution is 2.26. The van der Waals surface area contributed by atoms with E-state index in [0.717, 1.165) is 33.2 Å². The minimum atomic E-state index is -1.07. The van der Waals surface area contributed by atoms with Crippen LogP contribution in [0.3, 0.4) is 0 Å². The van der Waals surface area contributed by atoms with Gasteiger partial charge in [0.15, 0.2) is 11.6 Å². The molecule has 4 rings (SSSR count). The van der Waals surface area contributed by atoms with Gasteiger partial charge >= 0.3 is 0 Å². The monoisotopic (exact) mass is 391 g/mol. The Morgan fingerprint density at radius 1 is 0.931 bits per heavy atom. The smallest absolute Gasteiger partial charge is 0.267 e. The molecule has 0 saturated carbocycles. The lowest BCUT2D eigenvalue weighted by molar-refractivity contribution is -0.117. The highest BCUT2D eigenvalue weighted by Gasteiger charge is 2.11. The second-order valence-corrected chi connectivity index (χ2v) is 6.42. The van der Waals surface area contributed by atoms with Crippen LogP contribution in [-0.4, -0.2) is 15.7 Å². The molecular formula is C22H15F2N3O2. The fraction of sp³-hybridized carbons (Fsp3) is 0.0455. The molecule has 5 nitrogen and oxygen atoms in total. The van der Waals surface area contributed by atoms with Crippen molar-refractivity contribution in [2.75, 3.05) is 5.32 Å². The first-order chi connectivity index (χ1) is 14.0. The van der Waals surface area contributed by atoms with Gasteiger partial charge < -0.3 is 5.32 Å². The Morgan fingerprint density at radius 2 is 1.72 bits per heavy atom. The van der Waals surface area contributed by atoms with Crippen LogP contribution in [-0.2, 0) is 11.3 Å². The van der Waals surface area contributed by atoms with E-state index in [9.17, 15) is 18.4 Å². The Balaban J connectivity index is 1.62. The second kappa shape index (κ2) is 7.63. The zero-order chi connectivity index (χ0) is 20.4. The molecule has 0 aliphatic rings. The zero-order valence-electron chi connectivity index (χ0n) is 15.1. The number of amides is 1. The third-order valence-electron chi connectivity index (χ3n) is 4.43. The van der Waals surface area contributed by atoms with Gasteiger partial charge in [0.05, 0.1) is 5.69 Å². The summed E-state index contributed by atoms with van der Waals surface area (Å²) in [5.74, 6) is -2.67. The number of fused-ring (bicyclic) bond motifs is 1. The van der Waals surface area contributed by atoms with Gasteiger partial charge in [0.2, 0.25) is 5.91 Å². The fourth-order valence-electron chi connectivity index (χ4n) is 3.07. The number of halogens is 2. The molecule has 4 aromatic rings. The lowest BCUT2D eigenvalue weighted by Gasteiger charge is -2.10. The lowest BCUT2D eigenvalue weighted by Crippen LogP contribution is -2.29. The summed E-state index contributed by atoms with van der Waals surface area (Å²) in [6.07, 6.45) is 0. The van der Waals surface area contributed by atoms with Crippen molar-refractivity contribution in [1.82, 2.24) is 9.78 Å². The number of aromatic nitrogens is 2. The molecule has 0 bridgehead atoms. The molecule has 0 aliphatic carbocycles. The van der Waals surface area contributed by atoms with Gasteiger partial charge in [0, 0.05) is 23.4 Å². The van der Waals surface area contributed by atoms with Gasteiger partial charge in [-0.3, -0.25) is 9.59 Å². The van der Waals surface area contributed by atoms with E-state index in [-0.39, 0.29) is 12.2 Å². The molecular weight excluding hydrogens is 376 g/mol. The maximum atomic E-state index is 13.3. The third kappa shape index (κ3) is 3.89. The van der Waals surface area contributed by atoms with Crippen molar-refractivity contribution in [3.63, 3.8) is 0 Å². The van der Waals surface area contributed by atoms with Gasteiger partial charge in [-0.25, -0.2) is 13.5 Å². The summed E-state index contributed by atoms with van der Waals surface area (Å²) in [6, 6.07) is 19.5. The van der Waals surface area contributed by atoms with E-state index < -0.39 is 23.1 Å². The summed E-state index contributed by atoms with van der Waals surface area (Å²) in [7, 11) is 0. The predicted octanol–water partition coefficient (Wildman–Crippen LogP) is 3.98. The van der Waals surface area contributed by atoms with Crippen molar-refractivity contribution in [1.29, 1.82) is 0 Å². The van der Waals surface area contributed by atoms with Crippen LogP contribution in [0.2, 0.25) is 0 Å². The molecule has 0 saturated heterocycles. The molecule has 3 aromatic carbocycles. The molecule has 0 unspecified atom stereocenters. The van der Waals surface area contributed by atoms with E-state index >= 15 is 0 Å². The molecule has 1 amide bonds. The van der Waals surface area contributed by atoms with Gasteiger partial charge in [0.25, 0.3) is 5.56 Å². The van der Waals surface area contributed by atoms with Crippen molar-refractivity contribution >= 4 is 22.4 Å². The number of carbonyl (C=O) groups is 1. The number of hydrogen-bond donors (Lipinski definition) is 1. The van der Waals surface area contributed by atoms with Crippen LogP contribution < -0.4 is 10.9 Å². The van der Waals surface area contributed by atoms with Gasteiger partial charge in [-0.15, -0.1) is 0 Å². The largest absolute Gasteiger partial charge is 0.324 e. The molecule has 1 N–H and O–H groups in total. The van der Waals surface area contributed by atoms with Crippen molar-refractivity contribution in [3.05, 3.63) is 94.8 Å². The highest BCUT2D eigenvalue weighted by atomic mass is 19.2. The van der Waals surface area contributed by atoms with E-state index in [0.29, 0.717) is 5.69 Å². The Morgan fingerprint density at radius 3 is 2.55 bits per heavy atom. The zero-order valence-corrected chi connectivity index (χ0v) is 15.1. The van der Waals surface area contributed by atoms with Gasteiger partial charge in [0.1, 0.15) is 6.54 Å². The lowest BCUT2D eigenvalue weighted by atomic mass is 10.0. The first kappa shape index (κ1) is 18.5. The van der Waals surface area contributed by atoms with Gasteiger partial charge in [-0.2, -0.15) is 5.10 Å². The van der Waals surface area contributed by atoms with Crippen LogP contribution in [0.25, 0.3) is 22.0 Å². The van der Waals surface area contributed by atoms with Crippen LogP contribution >= 0.6 is 0 Å². The van der Waals surface area contributed by atoms with Crippen LogP contribution in [0.15, 0.2) is 77.6 Å². The summed E-state index contributed by atoms with van der Waals surface area (Å²) in [5.41, 5.74) is 1.02.